The molecule has 0 aliphatic carbocycles. The number of para-hydroxylation sites is 1. The van der Waals surface area contributed by atoms with Crippen LogP contribution in [0.5, 0.6) is 0 Å². The number of fused-ring (bicyclic) bond motifs is 1. The fourth-order valence-electron chi connectivity index (χ4n) is 3.01. The Kier molecular flexibility index (Phi) is 5.04. The molecule has 0 saturated carbocycles. The van der Waals surface area contributed by atoms with Crippen LogP contribution in [0.1, 0.15) is 16.1 Å². The van der Waals surface area contributed by atoms with Crippen LogP contribution in [-0.4, -0.2) is 10.9 Å². The van der Waals surface area contributed by atoms with Gasteiger partial charge in [0.15, 0.2) is 0 Å². The fourth-order valence-corrected chi connectivity index (χ4v) is 4.07. The van der Waals surface area contributed by atoms with Crippen LogP contribution < -0.4 is 11.1 Å². The van der Waals surface area contributed by atoms with Gasteiger partial charge in [-0.05, 0) is 42.0 Å². The van der Waals surface area contributed by atoms with E-state index >= 15 is 0 Å². The summed E-state index contributed by atoms with van der Waals surface area (Å²) in [6.07, 6.45) is 0. The molecular formula is C22H18FN3OS. The maximum absolute atomic E-state index is 13.8. The van der Waals surface area contributed by atoms with Gasteiger partial charge in [0.05, 0.1) is 10.6 Å². The number of carbonyl (C=O) groups is 1. The first-order valence-corrected chi connectivity index (χ1v) is 9.59. The molecule has 0 bridgehead atoms. The van der Waals surface area contributed by atoms with Gasteiger partial charge in [0, 0.05) is 22.3 Å². The van der Waals surface area contributed by atoms with E-state index in [0.717, 1.165) is 26.3 Å². The van der Waals surface area contributed by atoms with Crippen LogP contribution in [0.3, 0.4) is 0 Å². The van der Waals surface area contributed by atoms with E-state index in [0.29, 0.717) is 17.9 Å². The van der Waals surface area contributed by atoms with Gasteiger partial charge in [-0.15, -0.1) is 0 Å². The summed E-state index contributed by atoms with van der Waals surface area (Å²) in [7, 11) is 0. The Morgan fingerprint density at radius 3 is 2.54 bits per heavy atom. The Balaban J connectivity index is 1.68. The minimum absolute atomic E-state index is 0.290. The lowest BCUT2D eigenvalue weighted by molar-refractivity contribution is 0.0993. The van der Waals surface area contributed by atoms with Crippen LogP contribution in [0, 0.1) is 5.82 Å². The van der Waals surface area contributed by atoms with Crippen molar-refractivity contribution in [2.24, 2.45) is 5.73 Å². The Bertz CT molecular complexity index is 1140. The molecule has 28 heavy (non-hydrogen) atoms. The first kappa shape index (κ1) is 18.1. The van der Waals surface area contributed by atoms with E-state index in [1.807, 2.05) is 48.5 Å². The Labute approximate surface area is 166 Å². The lowest BCUT2D eigenvalue weighted by Crippen LogP contribution is -2.12. The molecule has 140 valence electrons. The predicted octanol–water partition coefficient (Wildman–Crippen LogP) is 5.17. The van der Waals surface area contributed by atoms with Crippen LogP contribution in [0.4, 0.5) is 10.1 Å². The molecule has 1 aromatic heterocycles. The number of benzene rings is 3. The maximum Gasteiger partial charge on any atom is 0.266 e. The van der Waals surface area contributed by atoms with Gasteiger partial charge in [-0.2, -0.15) is 0 Å². The molecule has 0 unspecified atom stereocenters. The van der Waals surface area contributed by atoms with Crippen LogP contribution in [0.2, 0.25) is 0 Å². The van der Waals surface area contributed by atoms with Crippen molar-refractivity contribution in [1.82, 2.24) is 4.98 Å². The monoisotopic (exact) mass is 391 g/mol. The van der Waals surface area contributed by atoms with Crippen molar-refractivity contribution in [3.05, 3.63) is 89.9 Å². The highest BCUT2D eigenvalue weighted by atomic mass is 32.2. The van der Waals surface area contributed by atoms with Gasteiger partial charge in [0.2, 0.25) is 0 Å². The quantitative estimate of drug-likeness (QED) is 0.425. The molecule has 4 nitrogen and oxygen atoms in total. The van der Waals surface area contributed by atoms with E-state index in [1.54, 1.807) is 18.2 Å². The lowest BCUT2D eigenvalue weighted by Gasteiger charge is -2.08. The zero-order chi connectivity index (χ0) is 19.5. The predicted molar refractivity (Wildman–Crippen MR) is 111 cm³/mol. The van der Waals surface area contributed by atoms with Gasteiger partial charge in [0.25, 0.3) is 5.91 Å². The van der Waals surface area contributed by atoms with Gasteiger partial charge in [-0.3, -0.25) is 4.79 Å². The second kappa shape index (κ2) is 7.78. The Morgan fingerprint density at radius 2 is 1.79 bits per heavy atom. The summed E-state index contributed by atoms with van der Waals surface area (Å²) >= 11 is 1.49. The van der Waals surface area contributed by atoms with E-state index in [-0.39, 0.29) is 5.82 Å². The SMILES string of the molecule is NC(=O)c1[nH]c2ccc(CNc3ccccc3F)cc2c1Sc1ccccc1. The molecule has 3 aromatic carbocycles. The molecule has 4 aromatic rings. The summed E-state index contributed by atoms with van der Waals surface area (Å²) < 4.78 is 13.8. The van der Waals surface area contributed by atoms with Gasteiger partial charge >= 0.3 is 0 Å². The number of rotatable bonds is 6. The third-order valence-electron chi connectivity index (χ3n) is 4.38. The molecule has 0 atom stereocenters. The number of hydrogen-bond acceptors (Lipinski definition) is 3. The highest BCUT2D eigenvalue weighted by Gasteiger charge is 2.17. The van der Waals surface area contributed by atoms with E-state index in [2.05, 4.69) is 10.3 Å². The normalized spacial score (nSPS) is 10.9. The van der Waals surface area contributed by atoms with Crippen LogP contribution in [-0.2, 0) is 6.54 Å². The standard InChI is InChI=1S/C22H18FN3OS/c23-17-8-4-5-9-19(17)25-13-14-10-11-18-16(12-14)21(20(26-18)22(24)27)28-15-6-2-1-3-7-15/h1-12,25-26H,13H2,(H2,24,27). The number of carbonyl (C=O) groups excluding carboxylic acids is 1. The van der Waals surface area contributed by atoms with Gasteiger partial charge in [-0.1, -0.05) is 48.2 Å². The summed E-state index contributed by atoms with van der Waals surface area (Å²) in [4.78, 5) is 16.9. The van der Waals surface area contributed by atoms with Crippen molar-refractivity contribution >= 4 is 34.3 Å². The number of amides is 1. The second-order valence-electron chi connectivity index (χ2n) is 6.32. The van der Waals surface area contributed by atoms with Gasteiger partial charge in [-0.25, -0.2) is 4.39 Å². The molecule has 0 saturated heterocycles. The summed E-state index contributed by atoms with van der Waals surface area (Å²) in [6, 6.07) is 22.2. The second-order valence-corrected chi connectivity index (χ2v) is 7.41. The summed E-state index contributed by atoms with van der Waals surface area (Å²) in [5.74, 6) is -0.790. The van der Waals surface area contributed by atoms with Gasteiger partial charge < -0.3 is 16.0 Å². The zero-order valence-corrected chi connectivity index (χ0v) is 15.7. The van der Waals surface area contributed by atoms with Crippen LogP contribution >= 0.6 is 11.8 Å². The maximum atomic E-state index is 13.8. The van der Waals surface area contributed by atoms with E-state index < -0.39 is 5.91 Å². The summed E-state index contributed by atoms with van der Waals surface area (Å²) in [6.45, 7) is 0.462. The highest BCUT2D eigenvalue weighted by Crippen LogP contribution is 2.37. The first-order valence-electron chi connectivity index (χ1n) is 8.77. The number of H-pyrrole nitrogens is 1. The molecule has 4 N–H and O–H groups in total. The molecule has 0 fully saturated rings. The van der Waals surface area contributed by atoms with E-state index in [4.69, 9.17) is 5.73 Å². The molecule has 0 spiro atoms. The van der Waals surface area contributed by atoms with Crippen LogP contribution in [0.15, 0.2) is 82.6 Å². The number of hydrogen-bond donors (Lipinski definition) is 3. The number of primary amides is 1. The summed E-state index contributed by atoms with van der Waals surface area (Å²) in [5.41, 5.74) is 8.24. The van der Waals surface area contributed by atoms with Gasteiger partial charge in [0.1, 0.15) is 11.5 Å². The van der Waals surface area contributed by atoms with Crippen molar-refractivity contribution in [3.8, 4) is 0 Å². The highest BCUT2D eigenvalue weighted by molar-refractivity contribution is 7.99. The Morgan fingerprint density at radius 1 is 1.04 bits per heavy atom. The topological polar surface area (TPSA) is 70.9 Å². The smallest absolute Gasteiger partial charge is 0.266 e. The number of anilines is 1. The number of aromatic amines is 1. The molecular weight excluding hydrogens is 373 g/mol. The van der Waals surface area contributed by atoms with Crippen molar-refractivity contribution in [1.29, 1.82) is 0 Å². The fraction of sp³-hybridized carbons (Fsp3) is 0.0455. The summed E-state index contributed by atoms with van der Waals surface area (Å²) in [5, 5.41) is 4.02. The molecule has 6 heteroatoms. The average Bonchev–Trinajstić information content (AvgIpc) is 3.06. The third kappa shape index (κ3) is 3.73. The molecule has 1 heterocycles. The zero-order valence-electron chi connectivity index (χ0n) is 14.9. The van der Waals surface area contributed by atoms with E-state index in [1.165, 1.54) is 17.8 Å². The number of nitrogens with one attached hydrogen (secondary N) is 2. The molecule has 0 aliphatic heterocycles. The minimum atomic E-state index is -0.499. The number of halogens is 1. The van der Waals surface area contributed by atoms with Crippen molar-refractivity contribution in [2.75, 3.05) is 5.32 Å². The molecule has 0 aliphatic rings. The molecule has 4 rings (SSSR count). The minimum Gasteiger partial charge on any atom is -0.379 e. The molecule has 0 radical (unpaired) electrons. The van der Waals surface area contributed by atoms with Crippen molar-refractivity contribution in [3.63, 3.8) is 0 Å². The van der Waals surface area contributed by atoms with Crippen molar-refractivity contribution < 1.29 is 9.18 Å². The number of nitrogens with two attached hydrogens (primary N) is 1. The molecule has 1 amide bonds. The lowest BCUT2D eigenvalue weighted by atomic mass is 10.1. The largest absolute Gasteiger partial charge is 0.379 e. The van der Waals surface area contributed by atoms with E-state index in [9.17, 15) is 9.18 Å². The van der Waals surface area contributed by atoms with Crippen molar-refractivity contribution in [2.45, 2.75) is 16.3 Å². The third-order valence-corrected chi connectivity index (χ3v) is 5.52. The average molecular weight is 391 g/mol. The first-order chi connectivity index (χ1) is 13.6. The van der Waals surface area contributed by atoms with Crippen LogP contribution in [0.25, 0.3) is 10.9 Å². The number of aromatic nitrogens is 1. The Hall–Kier alpha value is -3.25.